The van der Waals surface area contributed by atoms with E-state index >= 15 is 0 Å². The molecule has 0 N–H and O–H groups in total. The summed E-state index contributed by atoms with van der Waals surface area (Å²) in [5.74, 6) is 1.02. The van der Waals surface area contributed by atoms with Crippen LogP contribution in [0.15, 0.2) is 47.1 Å². The summed E-state index contributed by atoms with van der Waals surface area (Å²) in [4.78, 5) is 14.8. The normalized spacial score (nSPS) is 14.5. The molecule has 0 unspecified atom stereocenters. The van der Waals surface area contributed by atoms with Gasteiger partial charge in [0, 0.05) is 12.5 Å². The fourth-order valence-electron chi connectivity index (χ4n) is 3.35. The van der Waals surface area contributed by atoms with Gasteiger partial charge < -0.3 is 9.32 Å². The van der Waals surface area contributed by atoms with Crippen molar-refractivity contribution < 1.29 is 9.21 Å². The molecule has 1 saturated carbocycles. The lowest BCUT2D eigenvalue weighted by Crippen LogP contribution is -2.38. The highest BCUT2D eigenvalue weighted by Gasteiger charge is 2.27. The molecule has 1 aromatic carbocycles. The minimum atomic E-state index is 0.183. The lowest BCUT2D eigenvalue weighted by Gasteiger charge is -2.28. The summed E-state index contributed by atoms with van der Waals surface area (Å²) in [6, 6.07) is 13.7. The first-order chi connectivity index (χ1) is 11.8. The van der Waals surface area contributed by atoms with Crippen molar-refractivity contribution in [2.75, 3.05) is 0 Å². The molecule has 0 radical (unpaired) electrons. The first-order valence-electron chi connectivity index (χ1n) is 8.57. The lowest BCUT2D eigenvalue weighted by molar-refractivity contribution is -0.134. The number of nitrogens with zero attached hydrogens (tertiary/aromatic N) is 2. The third kappa shape index (κ3) is 4.05. The van der Waals surface area contributed by atoms with Crippen molar-refractivity contribution in [2.24, 2.45) is 0 Å². The molecule has 0 bridgehead atoms. The van der Waals surface area contributed by atoms with E-state index in [-0.39, 0.29) is 5.91 Å². The van der Waals surface area contributed by atoms with Gasteiger partial charge in [-0.25, -0.2) is 0 Å². The minimum Gasteiger partial charge on any atom is -0.467 e. The number of furan rings is 1. The molecule has 0 spiro atoms. The molecule has 0 saturated heterocycles. The Morgan fingerprint density at radius 3 is 2.58 bits per heavy atom. The maximum Gasteiger partial charge on any atom is 0.223 e. The fraction of sp³-hybridized carbons (Fsp3) is 0.400. The monoisotopic (exact) mass is 322 g/mol. The Bertz CT molecular complexity index is 692. The number of nitriles is 1. The van der Waals surface area contributed by atoms with Gasteiger partial charge in [-0.1, -0.05) is 25.0 Å². The van der Waals surface area contributed by atoms with Crippen molar-refractivity contribution in [3.05, 3.63) is 59.5 Å². The van der Waals surface area contributed by atoms with Gasteiger partial charge in [0.25, 0.3) is 0 Å². The van der Waals surface area contributed by atoms with Gasteiger partial charge in [-0.3, -0.25) is 4.79 Å². The quantitative estimate of drug-likeness (QED) is 0.806. The first kappa shape index (κ1) is 16.3. The fourth-order valence-corrected chi connectivity index (χ4v) is 3.35. The third-order valence-corrected chi connectivity index (χ3v) is 4.70. The summed E-state index contributed by atoms with van der Waals surface area (Å²) < 4.78 is 5.44. The van der Waals surface area contributed by atoms with Crippen LogP contribution in [-0.2, 0) is 17.8 Å². The number of hydrogen-bond donors (Lipinski definition) is 0. The molecular formula is C20H22N2O2. The second kappa shape index (κ2) is 7.83. The number of benzene rings is 1. The van der Waals surface area contributed by atoms with E-state index in [0.717, 1.165) is 24.2 Å². The van der Waals surface area contributed by atoms with E-state index in [0.29, 0.717) is 31.0 Å². The number of carbonyl (C=O) groups is 1. The van der Waals surface area contributed by atoms with E-state index in [1.165, 1.54) is 12.8 Å². The SMILES string of the molecule is N#Cc1ccc(CCC(=O)N(Cc2ccco2)C2CCCC2)cc1. The van der Waals surface area contributed by atoms with Crippen LogP contribution in [0.2, 0.25) is 0 Å². The van der Waals surface area contributed by atoms with Crippen molar-refractivity contribution in [2.45, 2.75) is 51.1 Å². The summed E-state index contributed by atoms with van der Waals surface area (Å²) in [5, 5.41) is 8.84. The smallest absolute Gasteiger partial charge is 0.223 e. The number of rotatable bonds is 6. The molecular weight excluding hydrogens is 300 g/mol. The van der Waals surface area contributed by atoms with Crippen LogP contribution in [0.1, 0.15) is 49.0 Å². The zero-order valence-electron chi connectivity index (χ0n) is 13.8. The summed E-state index contributed by atoms with van der Waals surface area (Å²) in [7, 11) is 0. The first-order valence-corrected chi connectivity index (χ1v) is 8.57. The molecule has 1 aromatic heterocycles. The van der Waals surface area contributed by atoms with Crippen LogP contribution in [0.4, 0.5) is 0 Å². The molecule has 1 heterocycles. The number of carbonyl (C=O) groups excluding carboxylic acids is 1. The van der Waals surface area contributed by atoms with Crippen molar-refractivity contribution in [1.29, 1.82) is 5.26 Å². The Balaban J connectivity index is 1.62. The predicted molar refractivity (Wildman–Crippen MR) is 91.0 cm³/mol. The van der Waals surface area contributed by atoms with Gasteiger partial charge in [0.2, 0.25) is 5.91 Å². The summed E-state index contributed by atoms with van der Waals surface area (Å²) >= 11 is 0. The Hall–Kier alpha value is -2.54. The van der Waals surface area contributed by atoms with E-state index in [1.54, 1.807) is 18.4 Å². The third-order valence-electron chi connectivity index (χ3n) is 4.70. The van der Waals surface area contributed by atoms with Crippen LogP contribution < -0.4 is 0 Å². The molecule has 3 rings (SSSR count). The average molecular weight is 322 g/mol. The molecule has 1 aliphatic carbocycles. The van der Waals surface area contributed by atoms with Crippen molar-refractivity contribution >= 4 is 5.91 Å². The summed E-state index contributed by atoms with van der Waals surface area (Å²) in [6.45, 7) is 0.559. The van der Waals surface area contributed by atoms with Crippen LogP contribution in [-0.4, -0.2) is 16.8 Å². The van der Waals surface area contributed by atoms with Gasteiger partial charge in [0.15, 0.2) is 0 Å². The molecule has 0 aliphatic heterocycles. The molecule has 2 aromatic rings. The van der Waals surface area contributed by atoms with Crippen molar-refractivity contribution in [3.8, 4) is 6.07 Å². The van der Waals surface area contributed by atoms with Crippen molar-refractivity contribution in [1.82, 2.24) is 4.90 Å². The topological polar surface area (TPSA) is 57.2 Å². The zero-order chi connectivity index (χ0) is 16.8. The van der Waals surface area contributed by atoms with Crippen LogP contribution in [0.25, 0.3) is 0 Å². The largest absolute Gasteiger partial charge is 0.467 e. The molecule has 124 valence electrons. The number of amides is 1. The zero-order valence-corrected chi connectivity index (χ0v) is 13.8. The van der Waals surface area contributed by atoms with Crippen LogP contribution in [0.5, 0.6) is 0 Å². The van der Waals surface area contributed by atoms with E-state index < -0.39 is 0 Å². The van der Waals surface area contributed by atoms with Crippen molar-refractivity contribution in [3.63, 3.8) is 0 Å². The number of aryl methyl sites for hydroxylation is 1. The molecule has 1 aliphatic rings. The lowest BCUT2D eigenvalue weighted by atomic mass is 10.1. The van der Waals surface area contributed by atoms with Gasteiger partial charge >= 0.3 is 0 Å². The maximum absolute atomic E-state index is 12.8. The van der Waals surface area contributed by atoms with Gasteiger partial charge in [-0.05, 0) is 49.1 Å². The Kier molecular flexibility index (Phi) is 5.32. The van der Waals surface area contributed by atoms with Gasteiger partial charge in [-0.15, -0.1) is 0 Å². The molecule has 0 atom stereocenters. The van der Waals surface area contributed by atoms with Gasteiger partial charge in [0.05, 0.1) is 24.4 Å². The Labute approximate surface area is 142 Å². The van der Waals surface area contributed by atoms with E-state index in [9.17, 15) is 4.79 Å². The molecule has 24 heavy (non-hydrogen) atoms. The Morgan fingerprint density at radius 2 is 1.96 bits per heavy atom. The summed E-state index contributed by atoms with van der Waals surface area (Å²) in [5.41, 5.74) is 1.74. The second-order valence-electron chi connectivity index (χ2n) is 6.35. The van der Waals surface area contributed by atoms with E-state index in [4.69, 9.17) is 9.68 Å². The molecule has 1 amide bonds. The highest BCUT2D eigenvalue weighted by atomic mass is 16.3. The van der Waals surface area contributed by atoms with Crippen LogP contribution >= 0.6 is 0 Å². The standard InChI is InChI=1S/C20H22N2O2/c21-14-17-9-7-16(8-10-17)11-12-20(23)22(18-4-1-2-5-18)15-19-6-3-13-24-19/h3,6-10,13,18H,1-2,4-5,11-12,15H2. The molecule has 1 fully saturated rings. The highest BCUT2D eigenvalue weighted by Crippen LogP contribution is 2.26. The summed E-state index contributed by atoms with van der Waals surface area (Å²) in [6.07, 6.45) is 7.41. The highest BCUT2D eigenvalue weighted by molar-refractivity contribution is 5.76. The van der Waals surface area contributed by atoms with Gasteiger partial charge in [-0.2, -0.15) is 5.26 Å². The molecule has 4 heteroatoms. The van der Waals surface area contributed by atoms with E-state index in [2.05, 4.69) is 6.07 Å². The van der Waals surface area contributed by atoms with Crippen LogP contribution in [0, 0.1) is 11.3 Å². The Morgan fingerprint density at radius 1 is 1.21 bits per heavy atom. The second-order valence-corrected chi connectivity index (χ2v) is 6.35. The average Bonchev–Trinajstić information content (AvgIpc) is 3.31. The number of hydrogen-bond acceptors (Lipinski definition) is 3. The maximum atomic E-state index is 12.8. The van der Waals surface area contributed by atoms with E-state index in [1.807, 2.05) is 29.2 Å². The minimum absolute atomic E-state index is 0.183. The predicted octanol–water partition coefficient (Wildman–Crippen LogP) is 4.06. The molecule has 4 nitrogen and oxygen atoms in total. The van der Waals surface area contributed by atoms with Gasteiger partial charge in [0.1, 0.15) is 5.76 Å². The van der Waals surface area contributed by atoms with Crippen LogP contribution in [0.3, 0.4) is 0 Å².